The minimum atomic E-state index is -0.629. The maximum absolute atomic E-state index is 12.5. The summed E-state index contributed by atoms with van der Waals surface area (Å²) < 4.78 is 4.88. The van der Waals surface area contributed by atoms with Crippen molar-refractivity contribution in [2.75, 3.05) is 24.6 Å². The van der Waals surface area contributed by atoms with Crippen molar-refractivity contribution in [3.8, 4) is 0 Å². The van der Waals surface area contributed by atoms with Crippen molar-refractivity contribution in [3.05, 3.63) is 29.8 Å². The van der Waals surface area contributed by atoms with Gasteiger partial charge in [0, 0.05) is 24.3 Å². The van der Waals surface area contributed by atoms with Crippen molar-refractivity contribution in [1.82, 2.24) is 10.6 Å². The molecule has 1 aliphatic heterocycles. The lowest BCUT2D eigenvalue weighted by Crippen LogP contribution is -2.47. The number of hydrogen-bond acceptors (Lipinski definition) is 5. The van der Waals surface area contributed by atoms with E-state index in [-0.39, 0.29) is 30.9 Å². The van der Waals surface area contributed by atoms with Crippen LogP contribution in [0.15, 0.2) is 24.3 Å². The number of nitrogens with two attached hydrogens (primary N) is 1. The van der Waals surface area contributed by atoms with E-state index in [1.807, 2.05) is 41.5 Å². The van der Waals surface area contributed by atoms with Crippen molar-refractivity contribution >= 4 is 29.4 Å². The van der Waals surface area contributed by atoms with Crippen molar-refractivity contribution < 1.29 is 19.1 Å². The highest BCUT2D eigenvalue weighted by atomic mass is 16.5. The average molecular weight is 466 g/mol. The highest BCUT2D eigenvalue weighted by Crippen LogP contribution is 2.22. The van der Waals surface area contributed by atoms with Gasteiger partial charge >= 0.3 is 12.0 Å². The minimum Gasteiger partial charge on any atom is -0.466 e. The molecule has 0 saturated carbocycles. The third kappa shape index (κ3) is 10.9. The molecule has 9 heteroatoms. The van der Waals surface area contributed by atoms with Gasteiger partial charge in [0.2, 0.25) is 5.91 Å². The Balaban J connectivity index is 0. The summed E-state index contributed by atoms with van der Waals surface area (Å²) >= 11 is 0. The molecular formula is C24H43N5O4. The van der Waals surface area contributed by atoms with Crippen molar-refractivity contribution in [1.29, 1.82) is 5.41 Å². The Morgan fingerprint density at radius 2 is 1.70 bits per heavy atom. The third-order valence-electron chi connectivity index (χ3n) is 4.26. The van der Waals surface area contributed by atoms with E-state index in [2.05, 4.69) is 10.6 Å². The summed E-state index contributed by atoms with van der Waals surface area (Å²) in [5, 5.41) is 12.6. The fourth-order valence-electron chi connectivity index (χ4n) is 2.71. The van der Waals surface area contributed by atoms with Gasteiger partial charge in [-0.15, -0.1) is 0 Å². The second kappa shape index (κ2) is 18.5. The van der Waals surface area contributed by atoms with Gasteiger partial charge in [-0.05, 0) is 37.6 Å². The van der Waals surface area contributed by atoms with E-state index in [0.717, 1.165) is 0 Å². The van der Waals surface area contributed by atoms with Gasteiger partial charge in [0.05, 0.1) is 12.5 Å². The molecule has 1 aromatic rings. The number of anilines is 1. The summed E-state index contributed by atoms with van der Waals surface area (Å²) in [5.74, 6) is -1.09. The van der Waals surface area contributed by atoms with Gasteiger partial charge in [-0.1, -0.05) is 48.5 Å². The lowest BCUT2D eigenvalue weighted by atomic mass is 10.2. The lowest BCUT2D eigenvalue weighted by molar-refractivity contribution is -0.147. The van der Waals surface area contributed by atoms with Crippen molar-refractivity contribution in [2.24, 2.45) is 11.7 Å². The van der Waals surface area contributed by atoms with Crippen LogP contribution in [0, 0.1) is 11.3 Å². The molecule has 33 heavy (non-hydrogen) atoms. The Morgan fingerprint density at radius 3 is 2.18 bits per heavy atom. The number of carbonyl (C=O) groups excluding carboxylic acids is 3. The Labute approximate surface area is 198 Å². The number of nitrogens with one attached hydrogen (secondary N) is 3. The van der Waals surface area contributed by atoms with Crippen LogP contribution >= 0.6 is 0 Å². The molecule has 2 atom stereocenters. The highest BCUT2D eigenvalue weighted by Gasteiger charge is 2.33. The van der Waals surface area contributed by atoms with Crippen LogP contribution in [0.1, 0.15) is 67.4 Å². The zero-order valence-corrected chi connectivity index (χ0v) is 21.5. The Morgan fingerprint density at radius 1 is 1.15 bits per heavy atom. The first kappa shape index (κ1) is 32.1. The van der Waals surface area contributed by atoms with E-state index >= 15 is 0 Å². The van der Waals surface area contributed by atoms with Gasteiger partial charge in [-0.3, -0.25) is 15.0 Å². The van der Waals surface area contributed by atoms with E-state index < -0.39 is 18.0 Å². The summed E-state index contributed by atoms with van der Waals surface area (Å²) in [5.41, 5.74) is 6.69. The molecule has 1 aliphatic rings. The second-order valence-electron chi connectivity index (χ2n) is 6.30. The van der Waals surface area contributed by atoms with Crippen LogP contribution in [0.2, 0.25) is 0 Å². The molecule has 188 valence electrons. The van der Waals surface area contributed by atoms with Gasteiger partial charge in [0.15, 0.2) is 0 Å². The molecule has 2 unspecified atom stereocenters. The molecule has 0 spiro atoms. The number of rotatable bonds is 7. The summed E-state index contributed by atoms with van der Waals surface area (Å²) in [6.45, 7) is 16.3. The van der Waals surface area contributed by atoms with E-state index in [1.54, 1.807) is 43.0 Å². The standard InChI is InChI=1S/C18H25N5O4.3C2H6/c1-3-27-17(25)11(2)10-21-18(26)22-14-8-9-23(16(14)24)13-6-4-12(5-7-13)15(19)20;3*1-2/h4-7,11,14H,3,8-10H2,1-2H3,(H3,19,20)(H2,21,22,26);3*1-2H3. The normalized spacial score (nSPS) is 14.7. The summed E-state index contributed by atoms with van der Waals surface area (Å²) in [6.07, 6.45) is 0.480. The molecule has 1 heterocycles. The van der Waals surface area contributed by atoms with Crippen molar-refractivity contribution in [3.63, 3.8) is 0 Å². The molecule has 1 fully saturated rings. The van der Waals surface area contributed by atoms with Crippen LogP contribution in [-0.2, 0) is 14.3 Å². The maximum Gasteiger partial charge on any atom is 0.315 e. The van der Waals surface area contributed by atoms with E-state index in [4.69, 9.17) is 15.9 Å². The average Bonchev–Trinajstić information content (AvgIpc) is 3.21. The molecule has 9 nitrogen and oxygen atoms in total. The van der Waals surface area contributed by atoms with Gasteiger partial charge in [0.25, 0.3) is 0 Å². The van der Waals surface area contributed by atoms with Crippen molar-refractivity contribution in [2.45, 2.75) is 67.9 Å². The first-order chi connectivity index (χ1) is 15.8. The number of ether oxygens (including phenoxy) is 1. The number of hydrogen-bond donors (Lipinski definition) is 4. The molecule has 1 saturated heterocycles. The Kier molecular flexibility index (Phi) is 18.0. The predicted molar refractivity (Wildman–Crippen MR) is 135 cm³/mol. The lowest BCUT2D eigenvalue weighted by Gasteiger charge is -2.18. The number of amides is 3. The molecule has 0 bridgehead atoms. The molecular weight excluding hydrogens is 422 g/mol. The fraction of sp³-hybridized carbons (Fsp3) is 0.583. The third-order valence-corrected chi connectivity index (χ3v) is 4.26. The summed E-state index contributed by atoms with van der Waals surface area (Å²) in [6, 6.07) is 5.66. The second-order valence-corrected chi connectivity index (χ2v) is 6.30. The van der Waals surface area contributed by atoms with E-state index in [9.17, 15) is 14.4 Å². The Bertz CT molecular complexity index is 722. The summed E-state index contributed by atoms with van der Waals surface area (Å²) in [7, 11) is 0. The van der Waals surface area contributed by atoms with Gasteiger partial charge in [0.1, 0.15) is 11.9 Å². The molecule has 5 N–H and O–H groups in total. The highest BCUT2D eigenvalue weighted by molar-refractivity contribution is 6.02. The number of esters is 1. The molecule has 3 amide bonds. The quantitative estimate of drug-likeness (QED) is 0.277. The zero-order valence-electron chi connectivity index (χ0n) is 21.5. The maximum atomic E-state index is 12.5. The molecule has 2 rings (SSSR count). The predicted octanol–water partition coefficient (Wildman–Crippen LogP) is 3.65. The first-order valence-corrected chi connectivity index (χ1v) is 11.8. The Hall–Kier alpha value is -3.10. The zero-order chi connectivity index (χ0) is 26.0. The number of amidine groups is 1. The van der Waals surface area contributed by atoms with Gasteiger partial charge in [-0.25, -0.2) is 4.79 Å². The number of benzene rings is 1. The number of nitrogen functional groups attached to an aromatic ring is 1. The SMILES string of the molecule is CC.CC.CC.CCOC(=O)C(C)CNC(=O)NC1CCN(c2ccc(C(=N)N)cc2)C1=O. The van der Waals surface area contributed by atoms with E-state index in [1.165, 1.54) is 0 Å². The topological polar surface area (TPSA) is 138 Å². The van der Waals surface area contributed by atoms with Crippen LogP contribution in [-0.4, -0.2) is 49.5 Å². The molecule has 0 radical (unpaired) electrons. The van der Waals surface area contributed by atoms with Crippen LogP contribution in [0.5, 0.6) is 0 Å². The summed E-state index contributed by atoms with van der Waals surface area (Å²) in [4.78, 5) is 37.7. The minimum absolute atomic E-state index is 0.0393. The molecule has 0 aromatic heterocycles. The smallest absolute Gasteiger partial charge is 0.315 e. The molecule has 0 aliphatic carbocycles. The van der Waals surface area contributed by atoms with Gasteiger partial charge < -0.3 is 26.0 Å². The van der Waals surface area contributed by atoms with E-state index in [0.29, 0.717) is 24.2 Å². The number of urea groups is 1. The van der Waals surface area contributed by atoms with Crippen LogP contribution in [0.25, 0.3) is 0 Å². The van der Waals surface area contributed by atoms with Crippen LogP contribution in [0.3, 0.4) is 0 Å². The number of nitrogens with zero attached hydrogens (tertiary/aromatic N) is 1. The fourth-order valence-corrected chi connectivity index (χ4v) is 2.71. The first-order valence-electron chi connectivity index (χ1n) is 11.8. The monoisotopic (exact) mass is 465 g/mol. The van der Waals surface area contributed by atoms with Crippen LogP contribution in [0.4, 0.5) is 10.5 Å². The number of carbonyl (C=O) groups is 3. The van der Waals surface area contributed by atoms with Crippen LogP contribution < -0.4 is 21.3 Å². The molecule has 1 aromatic carbocycles. The van der Waals surface area contributed by atoms with Gasteiger partial charge in [-0.2, -0.15) is 0 Å². The largest absolute Gasteiger partial charge is 0.466 e.